The summed E-state index contributed by atoms with van der Waals surface area (Å²) in [6.45, 7) is 4.12. The highest BCUT2D eigenvalue weighted by Crippen LogP contribution is 2.44. The van der Waals surface area contributed by atoms with Crippen LogP contribution in [0.25, 0.3) is 11.3 Å². The first-order valence-corrected chi connectivity index (χ1v) is 12.0. The summed E-state index contributed by atoms with van der Waals surface area (Å²) in [7, 11) is 0. The first-order valence-electron chi connectivity index (χ1n) is 11.6. The molecule has 2 unspecified atom stereocenters. The number of amides is 1. The van der Waals surface area contributed by atoms with E-state index in [1.165, 1.54) is 0 Å². The Morgan fingerprint density at radius 3 is 2.85 bits per heavy atom. The second-order valence-corrected chi connectivity index (χ2v) is 9.07. The number of rotatable bonds is 8. The number of carbonyl (C=O) groups excluding carboxylic acids is 1. The summed E-state index contributed by atoms with van der Waals surface area (Å²) in [5, 5.41) is 8.21. The van der Waals surface area contributed by atoms with Crippen LogP contribution >= 0.6 is 11.6 Å². The van der Waals surface area contributed by atoms with Gasteiger partial charge >= 0.3 is 0 Å². The molecule has 2 aliphatic heterocycles. The minimum Gasteiger partial charge on any atom is -0.494 e. The van der Waals surface area contributed by atoms with Crippen LogP contribution in [0.1, 0.15) is 60.3 Å². The largest absolute Gasteiger partial charge is 0.494 e. The van der Waals surface area contributed by atoms with Crippen LogP contribution in [0.5, 0.6) is 5.75 Å². The zero-order chi connectivity index (χ0) is 22.8. The highest BCUT2D eigenvalue weighted by molar-refractivity contribution is 6.30. The van der Waals surface area contributed by atoms with Gasteiger partial charge in [0.25, 0.3) is 5.91 Å². The molecule has 33 heavy (non-hydrogen) atoms. The lowest BCUT2D eigenvalue weighted by atomic mass is 9.95. The van der Waals surface area contributed by atoms with Gasteiger partial charge in [-0.2, -0.15) is 5.10 Å². The number of aromatic amines is 1. The minimum absolute atomic E-state index is 0.0458. The Balaban J connectivity index is 1.55. The van der Waals surface area contributed by atoms with Gasteiger partial charge in [0.05, 0.1) is 24.4 Å². The summed E-state index contributed by atoms with van der Waals surface area (Å²) in [5.74, 6) is 0.769. The molecule has 7 heteroatoms. The van der Waals surface area contributed by atoms with E-state index in [-0.39, 0.29) is 18.1 Å². The molecule has 1 N–H and O–H groups in total. The van der Waals surface area contributed by atoms with E-state index in [1.54, 1.807) is 0 Å². The van der Waals surface area contributed by atoms with Crippen molar-refractivity contribution in [1.29, 1.82) is 0 Å². The van der Waals surface area contributed by atoms with Gasteiger partial charge in [-0.3, -0.25) is 9.89 Å². The Labute approximate surface area is 198 Å². The molecule has 5 rings (SSSR count). The maximum atomic E-state index is 13.5. The predicted octanol–water partition coefficient (Wildman–Crippen LogP) is 5.63. The number of halogens is 1. The summed E-state index contributed by atoms with van der Waals surface area (Å²) in [6.07, 6.45) is 4.13. The monoisotopic (exact) mass is 465 g/mol. The average molecular weight is 466 g/mol. The Morgan fingerprint density at radius 2 is 2.09 bits per heavy atom. The second-order valence-electron chi connectivity index (χ2n) is 8.64. The van der Waals surface area contributed by atoms with Gasteiger partial charge in [-0.05, 0) is 49.1 Å². The third kappa shape index (κ3) is 4.37. The molecule has 0 bridgehead atoms. The number of ether oxygens (including phenoxy) is 2. The molecule has 1 amide bonds. The van der Waals surface area contributed by atoms with E-state index in [4.69, 9.17) is 21.1 Å². The summed E-state index contributed by atoms with van der Waals surface area (Å²) < 4.78 is 11.9. The molecule has 1 saturated heterocycles. The van der Waals surface area contributed by atoms with Crippen molar-refractivity contribution in [2.24, 2.45) is 0 Å². The summed E-state index contributed by atoms with van der Waals surface area (Å²) in [6, 6.07) is 15.4. The van der Waals surface area contributed by atoms with E-state index in [0.29, 0.717) is 23.9 Å². The molecule has 2 aromatic carbocycles. The number of carbonyl (C=O) groups is 1. The van der Waals surface area contributed by atoms with Crippen LogP contribution in [-0.4, -0.2) is 46.9 Å². The van der Waals surface area contributed by atoms with Crippen molar-refractivity contribution in [1.82, 2.24) is 15.1 Å². The second kappa shape index (κ2) is 9.57. The maximum Gasteiger partial charge on any atom is 0.273 e. The highest BCUT2D eigenvalue weighted by atomic mass is 35.5. The van der Waals surface area contributed by atoms with Gasteiger partial charge in [-0.25, -0.2) is 0 Å². The fourth-order valence-corrected chi connectivity index (χ4v) is 4.80. The van der Waals surface area contributed by atoms with Gasteiger partial charge in [-0.15, -0.1) is 0 Å². The van der Waals surface area contributed by atoms with Crippen LogP contribution in [0, 0.1) is 0 Å². The Bertz CT molecular complexity index is 1120. The van der Waals surface area contributed by atoms with E-state index < -0.39 is 0 Å². The Kier molecular flexibility index (Phi) is 6.38. The SMILES string of the molecule is CCCCOc1cccc(C2c3c(-c4ccc(Cl)cc4)n[nH]c3C(=O)N2CC2CCCO2)c1. The number of H-pyrrole nitrogens is 1. The first-order chi connectivity index (χ1) is 16.2. The zero-order valence-electron chi connectivity index (χ0n) is 18.7. The van der Waals surface area contributed by atoms with Crippen molar-refractivity contribution >= 4 is 17.5 Å². The van der Waals surface area contributed by atoms with Gasteiger partial charge in [-0.1, -0.05) is 49.2 Å². The van der Waals surface area contributed by atoms with Crippen LogP contribution in [-0.2, 0) is 4.74 Å². The van der Waals surface area contributed by atoms with Crippen LogP contribution in [0.2, 0.25) is 5.02 Å². The molecule has 172 valence electrons. The predicted molar refractivity (Wildman–Crippen MR) is 128 cm³/mol. The molecule has 6 nitrogen and oxygen atoms in total. The summed E-state index contributed by atoms with van der Waals surface area (Å²) in [5.41, 5.74) is 4.13. The van der Waals surface area contributed by atoms with Crippen molar-refractivity contribution in [3.8, 4) is 17.0 Å². The standard InChI is InChI=1S/C26H28ClN3O3/c1-2-3-13-32-20-7-4-6-18(15-20)25-22-23(17-9-11-19(27)12-10-17)28-29-24(22)26(31)30(25)16-21-8-5-14-33-21/h4,6-7,9-12,15,21,25H,2-3,5,8,13-14,16H2,1H3,(H,28,29). The van der Waals surface area contributed by atoms with Gasteiger partial charge in [0.15, 0.2) is 0 Å². The molecule has 0 radical (unpaired) electrons. The van der Waals surface area contributed by atoms with E-state index in [9.17, 15) is 4.79 Å². The first kappa shape index (κ1) is 22.0. The smallest absolute Gasteiger partial charge is 0.273 e. The lowest BCUT2D eigenvalue weighted by Gasteiger charge is -2.28. The molecule has 1 fully saturated rings. The quantitative estimate of drug-likeness (QED) is 0.437. The van der Waals surface area contributed by atoms with Crippen molar-refractivity contribution in [3.63, 3.8) is 0 Å². The molecule has 0 spiro atoms. The number of aromatic nitrogens is 2. The normalized spacial score (nSPS) is 19.8. The van der Waals surface area contributed by atoms with E-state index >= 15 is 0 Å². The van der Waals surface area contributed by atoms with Gasteiger partial charge in [0.2, 0.25) is 0 Å². The molecule has 2 aliphatic rings. The number of nitrogens with one attached hydrogen (secondary N) is 1. The molecule has 3 aromatic rings. The number of unbranched alkanes of at least 4 members (excludes halogenated alkanes) is 1. The number of hydrogen-bond acceptors (Lipinski definition) is 4. The Hall–Kier alpha value is -2.83. The third-order valence-electron chi connectivity index (χ3n) is 6.35. The van der Waals surface area contributed by atoms with Gasteiger partial charge in [0.1, 0.15) is 11.4 Å². The van der Waals surface area contributed by atoms with Crippen LogP contribution in [0.15, 0.2) is 48.5 Å². The lowest BCUT2D eigenvalue weighted by molar-refractivity contribution is 0.0495. The van der Waals surface area contributed by atoms with Crippen molar-refractivity contribution < 1.29 is 14.3 Å². The lowest BCUT2D eigenvalue weighted by Crippen LogP contribution is -2.36. The molecular weight excluding hydrogens is 438 g/mol. The molecule has 2 atom stereocenters. The topological polar surface area (TPSA) is 67.5 Å². The number of benzene rings is 2. The van der Waals surface area contributed by atoms with Crippen molar-refractivity contribution in [2.75, 3.05) is 19.8 Å². The number of nitrogens with zero attached hydrogens (tertiary/aromatic N) is 2. The summed E-state index contributed by atoms with van der Waals surface area (Å²) in [4.78, 5) is 15.4. The van der Waals surface area contributed by atoms with Crippen LogP contribution in [0.4, 0.5) is 0 Å². The fourth-order valence-electron chi connectivity index (χ4n) is 4.68. The van der Waals surface area contributed by atoms with Crippen molar-refractivity contribution in [3.05, 3.63) is 70.4 Å². The average Bonchev–Trinajstić information content (AvgIpc) is 3.55. The molecule has 1 aromatic heterocycles. The molecule has 3 heterocycles. The van der Waals surface area contributed by atoms with E-state index in [2.05, 4.69) is 23.2 Å². The van der Waals surface area contributed by atoms with Crippen molar-refractivity contribution in [2.45, 2.75) is 44.8 Å². The van der Waals surface area contributed by atoms with Crippen LogP contribution < -0.4 is 4.74 Å². The zero-order valence-corrected chi connectivity index (χ0v) is 19.5. The van der Waals surface area contributed by atoms with E-state index in [0.717, 1.165) is 60.4 Å². The third-order valence-corrected chi connectivity index (χ3v) is 6.60. The highest BCUT2D eigenvalue weighted by Gasteiger charge is 2.43. The minimum atomic E-state index is -0.268. The summed E-state index contributed by atoms with van der Waals surface area (Å²) >= 11 is 6.11. The van der Waals surface area contributed by atoms with Crippen LogP contribution in [0.3, 0.4) is 0 Å². The number of hydrogen-bond donors (Lipinski definition) is 1. The number of fused-ring (bicyclic) bond motifs is 1. The van der Waals surface area contributed by atoms with E-state index in [1.807, 2.05) is 47.4 Å². The fraction of sp³-hybridized carbons (Fsp3) is 0.385. The molecule has 0 aliphatic carbocycles. The van der Waals surface area contributed by atoms with Gasteiger partial charge < -0.3 is 14.4 Å². The Morgan fingerprint density at radius 1 is 1.24 bits per heavy atom. The molecular formula is C26H28ClN3O3. The molecule has 0 saturated carbocycles. The maximum absolute atomic E-state index is 13.5. The van der Waals surface area contributed by atoms with Gasteiger partial charge in [0, 0.05) is 29.3 Å².